The van der Waals surface area contributed by atoms with E-state index >= 15 is 0 Å². The van der Waals surface area contributed by atoms with Gasteiger partial charge in [-0.2, -0.15) is 0 Å². The van der Waals surface area contributed by atoms with Crippen LogP contribution in [-0.2, 0) is 4.74 Å². The quantitative estimate of drug-likeness (QED) is 0.337. The van der Waals surface area contributed by atoms with Gasteiger partial charge in [0.05, 0.1) is 18.6 Å². The third-order valence-electron chi connectivity index (χ3n) is 2.34. The summed E-state index contributed by atoms with van der Waals surface area (Å²) in [4.78, 5) is 21.8. The molecule has 0 aromatic heterocycles. The first-order chi connectivity index (χ1) is 8.61. The van der Waals surface area contributed by atoms with Crippen molar-refractivity contribution < 1.29 is 19.2 Å². The number of ether oxygens (including phenoxy) is 2. The summed E-state index contributed by atoms with van der Waals surface area (Å²) in [7, 11) is 1.22. The smallest absolute Gasteiger partial charge is 0.341 e. The number of rotatable bonds is 6. The van der Waals surface area contributed by atoms with Crippen LogP contribution in [0.5, 0.6) is 5.75 Å². The fourth-order valence-electron chi connectivity index (χ4n) is 1.41. The molecule has 0 saturated heterocycles. The topological polar surface area (TPSA) is 78.7 Å². The average Bonchev–Trinajstić information content (AvgIpc) is 2.38. The van der Waals surface area contributed by atoms with Crippen LogP contribution in [0.25, 0.3) is 0 Å². The van der Waals surface area contributed by atoms with Gasteiger partial charge < -0.3 is 9.47 Å². The molecule has 0 amide bonds. The molecule has 0 bridgehead atoms. The second-order valence-corrected chi connectivity index (χ2v) is 3.60. The molecule has 0 N–H and O–H groups in total. The van der Waals surface area contributed by atoms with E-state index in [1.807, 2.05) is 6.92 Å². The van der Waals surface area contributed by atoms with Crippen molar-refractivity contribution in [2.24, 2.45) is 0 Å². The van der Waals surface area contributed by atoms with Crippen molar-refractivity contribution in [1.29, 1.82) is 0 Å². The molecule has 0 heterocycles. The predicted octanol–water partition coefficient (Wildman–Crippen LogP) is 2.56. The normalized spacial score (nSPS) is 9.89. The van der Waals surface area contributed by atoms with E-state index in [0.717, 1.165) is 12.8 Å². The molecule has 0 saturated carbocycles. The number of hydrogen-bond acceptors (Lipinski definition) is 5. The van der Waals surface area contributed by atoms with E-state index in [-0.39, 0.29) is 17.0 Å². The van der Waals surface area contributed by atoms with Crippen molar-refractivity contribution in [2.75, 3.05) is 13.7 Å². The van der Waals surface area contributed by atoms with E-state index in [4.69, 9.17) is 4.74 Å². The van der Waals surface area contributed by atoms with E-state index in [9.17, 15) is 14.9 Å². The molecule has 0 atom stereocenters. The molecule has 0 radical (unpaired) electrons. The lowest BCUT2D eigenvalue weighted by atomic mass is 10.1. The van der Waals surface area contributed by atoms with Gasteiger partial charge in [0, 0.05) is 6.07 Å². The highest BCUT2D eigenvalue weighted by Crippen LogP contribution is 2.31. The van der Waals surface area contributed by atoms with Crippen molar-refractivity contribution >= 4 is 11.7 Å². The molecule has 0 aliphatic heterocycles. The SMILES string of the molecule is CCCCOc1c(C(=O)OC)cccc1[N+](=O)[O-]. The number of methoxy groups -OCH3 is 1. The van der Waals surface area contributed by atoms with Crippen molar-refractivity contribution in [3.05, 3.63) is 33.9 Å². The Morgan fingerprint density at radius 1 is 1.44 bits per heavy atom. The predicted molar refractivity (Wildman–Crippen MR) is 64.8 cm³/mol. The molecule has 18 heavy (non-hydrogen) atoms. The van der Waals surface area contributed by atoms with Crippen LogP contribution in [-0.4, -0.2) is 24.6 Å². The number of unbranched alkanes of at least 4 members (excludes halogenated alkanes) is 1. The number of benzene rings is 1. The van der Waals surface area contributed by atoms with Gasteiger partial charge in [0.2, 0.25) is 5.75 Å². The van der Waals surface area contributed by atoms with Crippen LogP contribution in [0, 0.1) is 10.1 Å². The van der Waals surface area contributed by atoms with Crippen LogP contribution in [0.3, 0.4) is 0 Å². The number of carbonyl (C=O) groups is 1. The average molecular weight is 253 g/mol. The molecule has 1 aromatic rings. The highest BCUT2D eigenvalue weighted by molar-refractivity contribution is 5.94. The van der Waals surface area contributed by atoms with Crippen molar-refractivity contribution in [3.63, 3.8) is 0 Å². The largest absolute Gasteiger partial charge is 0.486 e. The monoisotopic (exact) mass is 253 g/mol. The highest BCUT2D eigenvalue weighted by atomic mass is 16.6. The van der Waals surface area contributed by atoms with E-state index in [2.05, 4.69) is 4.74 Å². The fourth-order valence-corrected chi connectivity index (χ4v) is 1.41. The van der Waals surface area contributed by atoms with Crippen LogP contribution in [0.15, 0.2) is 18.2 Å². The number of para-hydroxylation sites is 1. The summed E-state index contributed by atoms with van der Waals surface area (Å²) in [6.07, 6.45) is 1.65. The maximum absolute atomic E-state index is 11.5. The van der Waals surface area contributed by atoms with Crippen LogP contribution in [0.2, 0.25) is 0 Å². The number of nitrogens with zero attached hydrogens (tertiary/aromatic N) is 1. The first kappa shape index (κ1) is 14.0. The van der Waals surface area contributed by atoms with Gasteiger partial charge in [0.25, 0.3) is 0 Å². The number of nitro groups is 1. The standard InChI is InChI=1S/C12H15NO5/c1-3-4-8-18-11-9(12(14)17-2)6-5-7-10(11)13(15)16/h5-7H,3-4,8H2,1-2H3. The lowest BCUT2D eigenvalue weighted by molar-refractivity contribution is -0.385. The van der Waals surface area contributed by atoms with Crippen molar-refractivity contribution in [3.8, 4) is 5.75 Å². The Kier molecular flexibility index (Phi) is 5.10. The Morgan fingerprint density at radius 3 is 2.72 bits per heavy atom. The molecule has 1 aromatic carbocycles. The maximum atomic E-state index is 11.5. The first-order valence-electron chi connectivity index (χ1n) is 5.60. The molecule has 0 unspecified atom stereocenters. The van der Waals surface area contributed by atoms with Crippen molar-refractivity contribution in [2.45, 2.75) is 19.8 Å². The number of esters is 1. The molecule has 98 valence electrons. The third-order valence-corrected chi connectivity index (χ3v) is 2.34. The summed E-state index contributed by atoms with van der Waals surface area (Å²) in [5, 5.41) is 10.9. The second-order valence-electron chi connectivity index (χ2n) is 3.60. The molecular weight excluding hydrogens is 238 g/mol. The Bertz CT molecular complexity index is 444. The molecule has 0 spiro atoms. The van der Waals surface area contributed by atoms with E-state index in [1.165, 1.54) is 25.3 Å². The van der Waals surface area contributed by atoms with Gasteiger partial charge in [-0.1, -0.05) is 19.4 Å². The molecule has 6 heteroatoms. The van der Waals surface area contributed by atoms with Crippen LogP contribution < -0.4 is 4.74 Å². The lowest BCUT2D eigenvalue weighted by Gasteiger charge is -2.09. The third kappa shape index (κ3) is 3.19. The molecule has 6 nitrogen and oxygen atoms in total. The number of hydrogen-bond donors (Lipinski definition) is 0. The van der Waals surface area contributed by atoms with E-state index in [0.29, 0.717) is 6.61 Å². The van der Waals surface area contributed by atoms with Gasteiger partial charge in [-0.3, -0.25) is 10.1 Å². The van der Waals surface area contributed by atoms with Crippen LogP contribution in [0.4, 0.5) is 5.69 Å². The van der Waals surface area contributed by atoms with Gasteiger partial charge in [-0.15, -0.1) is 0 Å². The summed E-state index contributed by atoms with van der Waals surface area (Å²) in [6, 6.07) is 4.17. The second kappa shape index (κ2) is 6.58. The molecule has 0 aliphatic rings. The molecule has 1 rings (SSSR count). The Labute approximate surface area is 105 Å². The fraction of sp³-hybridized carbons (Fsp3) is 0.417. The summed E-state index contributed by atoms with van der Waals surface area (Å²) in [5.41, 5.74) is -0.156. The summed E-state index contributed by atoms with van der Waals surface area (Å²) >= 11 is 0. The summed E-state index contributed by atoms with van der Waals surface area (Å²) in [6.45, 7) is 2.30. The Hall–Kier alpha value is -2.11. The molecule has 0 fully saturated rings. The summed E-state index contributed by atoms with van der Waals surface area (Å²) < 4.78 is 9.93. The lowest BCUT2D eigenvalue weighted by Crippen LogP contribution is -2.08. The minimum absolute atomic E-state index is 0.0252. The van der Waals surface area contributed by atoms with Crippen molar-refractivity contribution in [1.82, 2.24) is 0 Å². The molecule has 0 aliphatic carbocycles. The minimum atomic E-state index is -0.648. The van der Waals surface area contributed by atoms with Crippen LogP contribution in [0.1, 0.15) is 30.1 Å². The number of nitro benzene ring substituents is 1. The van der Waals surface area contributed by atoms with Gasteiger partial charge in [-0.05, 0) is 12.5 Å². The van der Waals surface area contributed by atoms with E-state index in [1.54, 1.807) is 0 Å². The molecular formula is C12H15NO5. The minimum Gasteiger partial charge on any atom is -0.486 e. The van der Waals surface area contributed by atoms with Gasteiger partial charge in [-0.25, -0.2) is 4.79 Å². The van der Waals surface area contributed by atoms with Crippen LogP contribution >= 0.6 is 0 Å². The Morgan fingerprint density at radius 2 is 2.17 bits per heavy atom. The number of carbonyl (C=O) groups excluding carboxylic acids is 1. The maximum Gasteiger partial charge on any atom is 0.341 e. The zero-order valence-electron chi connectivity index (χ0n) is 10.3. The highest BCUT2D eigenvalue weighted by Gasteiger charge is 2.23. The van der Waals surface area contributed by atoms with Gasteiger partial charge in [0.15, 0.2) is 0 Å². The Balaban J connectivity index is 3.12. The van der Waals surface area contributed by atoms with Gasteiger partial charge >= 0.3 is 11.7 Å². The van der Waals surface area contributed by atoms with E-state index < -0.39 is 10.9 Å². The first-order valence-corrected chi connectivity index (χ1v) is 5.60. The zero-order valence-corrected chi connectivity index (χ0v) is 10.3. The van der Waals surface area contributed by atoms with Gasteiger partial charge in [0.1, 0.15) is 5.56 Å². The zero-order chi connectivity index (χ0) is 13.5. The summed E-state index contributed by atoms with van der Waals surface area (Å²) in [5.74, 6) is -0.673.